The molecule has 0 aliphatic rings. The molecule has 13 heteroatoms. The van der Waals surface area contributed by atoms with Gasteiger partial charge in [0.15, 0.2) is 11.5 Å². The van der Waals surface area contributed by atoms with E-state index >= 15 is 0 Å². The molecule has 0 unspecified atom stereocenters. The summed E-state index contributed by atoms with van der Waals surface area (Å²) < 4.78 is 50.1. The van der Waals surface area contributed by atoms with Gasteiger partial charge in [0.2, 0.25) is 5.75 Å². The molecular formula is C25H16Cl2F3N3O5. The molecule has 0 bridgehead atoms. The molecule has 0 atom stereocenters. The van der Waals surface area contributed by atoms with Crippen molar-refractivity contribution in [1.29, 1.82) is 5.26 Å². The Morgan fingerprint density at radius 1 is 1.13 bits per heavy atom. The van der Waals surface area contributed by atoms with E-state index in [-0.39, 0.29) is 34.3 Å². The van der Waals surface area contributed by atoms with Gasteiger partial charge in [0, 0.05) is 16.8 Å². The number of carbonyl (C=O) groups is 1. The van der Waals surface area contributed by atoms with Crippen LogP contribution in [0.1, 0.15) is 18.1 Å². The highest BCUT2D eigenvalue weighted by atomic mass is 35.5. The molecule has 0 saturated carbocycles. The largest absolute Gasteiger partial charge is 0.490 e. The molecule has 1 amide bonds. The Morgan fingerprint density at radius 2 is 1.82 bits per heavy atom. The van der Waals surface area contributed by atoms with E-state index in [0.717, 1.165) is 6.07 Å². The minimum Gasteiger partial charge on any atom is -0.490 e. The molecule has 38 heavy (non-hydrogen) atoms. The van der Waals surface area contributed by atoms with Gasteiger partial charge >= 0.3 is 11.9 Å². The Hall–Kier alpha value is -4.27. The standard InChI is InChI=1S/C25H16Cl2F3N3O5/c1-2-37-22-11-14(9-15(13-31)24(34)32-18-6-4-17(26)5-7-18)10-19(27)23(22)38-21-8-3-16(25(28,29)30)12-20(21)33(35)36/h3-12H,2H2,1H3,(H,32,34)/b15-9+. The molecule has 3 rings (SSSR count). The van der Waals surface area contributed by atoms with Crippen LogP contribution in [0.15, 0.2) is 60.2 Å². The predicted molar refractivity (Wildman–Crippen MR) is 134 cm³/mol. The number of hydrogen-bond acceptors (Lipinski definition) is 6. The fourth-order valence-electron chi connectivity index (χ4n) is 3.11. The number of rotatable bonds is 8. The van der Waals surface area contributed by atoms with Crippen LogP contribution in [-0.4, -0.2) is 17.4 Å². The molecule has 0 saturated heterocycles. The van der Waals surface area contributed by atoms with Gasteiger partial charge in [-0.25, -0.2) is 0 Å². The average molecular weight is 566 g/mol. The first-order valence-electron chi connectivity index (χ1n) is 10.6. The highest BCUT2D eigenvalue weighted by Crippen LogP contribution is 2.44. The molecule has 3 aromatic rings. The van der Waals surface area contributed by atoms with Gasteiger partial charge in [0.1, 0.15) is 11.6 Å². The van der Waals surface area contributed by atoms with E-state index in [1.807, 2.05) is 0 Å². The van der Waals surface area contributed by atoms with Crippen molar-refractivity contribution in [2.75, 3.05) is 11.9 Å². The fraction of sp³-hybridized carbons (Fsp3) is 0.120. The molecule has 0 fully saturated rings. The molecule has 1 N–H and O–H groups in total. The number of alkyl halides is 3. The van der Waals surface area contributed by atoms with Crippen molar-refractivity contribution in [1.82, 2.24) is 0 Å². The quantitative estimate of drug-likeness (QED) is 0.130. The second-order valence-electron chi connectivity index (χ2n) is 7.43. The first-order valence-corrected chi connectivity index (χ1v) is 11.4. The van der Waals surface area contributed by atoms with Crippen molar-refractivity contribution in [3.63, 3.8) is 0 Å². The van der Waals surface area contributed by atoms with Gasteiger partial charge in [-0.2, -0.15) is 18.4 Å². The maximum absolute atomic E-state index is 13.0. The fourth-order valence-corrected chi connectivity index (χ4v) is 3.50. The number of ether oxygens (including phenoxy) is 2. The SMILES string of the molecule is CCOc1cc(/C=C(\C#N)C(=O)Nc2ccc(Cl)cc2)cc(Cl)c1Oc1ccc(C(F)(F)F)cc1[N+](=O)[O-]. The van der Waals surface area contributed by atoms with Gasteiger partial charge in [-0.15, -0.1) is 0 Å². The number of nitrogens with one attached hydrogen (secondary N) is 1. The third-order valence-electron chi connectivity index (χ3n) is 4.80. The summed E-state index contributed by atoms with van der Waals surface area (Å²) in [4.78, 5) is 23.0. The number of nitriles is 1. The number of anilines is 1. The summed E-state index contributed by atoms with van der Waals surface area (Å²) in [6, 6.07) is 12.4. The van der Waals surface area contributed by atoms with Crippen LogP contribution >= 0.6 is 23.2 Å². The lowest BCUT2D eigenvalue weighted by atomic mass is 10.1. The summed E-state index contributed by atoms with van der Waals surface area (Å²) in [5.74, 6) is -1.47. The van der Waals surface area contributed by atoms with E-state index in [1.165, 1.54) is 18.2 Å². The van der Waals surface area contributed by atoms with Gasteiger partial charge in [-0.1, -0.05) is 23.2 Å². The highest BCUT2D eigenvalue weighted by molar-refractivity contribution is 6.32. The van der Waals surface area contributed by atoms with E-state index in [4.69, 9.17) is 32.7 Å². The summed E-state index contributed by atoms with van der Waals surface area (Å²) in [5.41, 5.74) is -1.81. The van der Waals surface area contributed by atoms with Crippen molar-refractivity contribution >= 4 is 46.6 Å². The van der Waals surface area contributed by atoms with Crippen LogP contribution in [0, 0.1) is 21.4 Å². The highest BCUT2D eigenvalue weighted by Gasteiger charge is 2.33. The summed E-state index contributed by atoms with van der Waals surface area (Å²) in [6.45, 7) is 1.72. The Morgan fingerprint density at radius 3 is 2.39 bits per heavy atom. The number of carbonyl (C=O) groups excluding carboxylic acids is 1. The number of nitrogens with zero attached hydrogens (tertiary/aromatic N) is 2. The van der Waals surface area contributed by atoms with Crippen LogP contribution in [-0.2, 0) is 11.0 Å². The molecule has 0 heterocycles. The molecule has 196 valence electrons. The smallest absolute Gasteiger partial charge is 0.416 e. The van der Waals surface area contributed by atoms with Crippen molar-refractivity contribution in [3.8, 4) is 23.3 Å². The second-order valence-corrected chi connectivity index (χ2v) is 8.28. The first-order chi connectivity index (χ1) is 17.9. The van der Waals surface area contributed by atoms with Crippen molar-refractivity contribution in [3.05, 3.63) is 91.5 Å². The monoisotopic (exact) mass is 565 g/mol. The third kappa shape index (κ3) is 6.94. The van der Waals surface area contributed by atoms with Crippen molar-refractivity contribution in [2.24, 2.45) is 0 Å². The Balaban J connectivity index is 1.97. The first kappa shape index (κ1) is 28.3. The van der Waals surface area contributed by atoms with Gasteiger partial charge in [0.25, 0.3) is 5.91 Å². The number of nitro benzene ring substituents is 1. The molecule has 0 aliphatic heterocycles. The lowest BCUT2D eigenvalue weighted by Crippen LogP contribution is -2.13. The number of nitro groups is 1. The van der Waals surface area contributed by atoms with Crippen molar-refractivity contribution < 1.29 is 32.4 Å². The number of halogens is 5. The summed E-state index contributed by atoms with van der Waals surface area (Å²) >= 11 is 12.2. The Bertz CT molecular complexity index is 1450. The Kier molecular flexibility index (Phi) is 8.83. The molecule has 0 aromatic heterocycles. The zero-order valence-electron chi connectivity index (χ0n) is 19.3. The van der Waals surface area contributed by atoms with Gasteiger partial charge in [-0.05, 0) is 67.1 Å². The second kappa shape index (κ2) is 11.9. The zero-order chi connectivity index (χ0) is 28.0. The molecule has 0 spiro atoms. The van der Waals surface area contributed by atoms with E-state index in [1.54, 1.807) is 37.3 Å². The van der Waals surface area contributed by atoms with Gasteiger partial charge in [0.05, 0.1) is 22.1 Å². The van der Waals surface area contributed by atoms with Crippen LogP contribution in [0.25, 0.3) is 6.08 Å². The minimum absolute atomic E-state index is 0.0316. The predicted octanol–water partition coefficient (Wildman–Crippen LogP) is 7.66. The number of hydrogen-bond donors (Lipinski definition) is 1. The topological polar surface area (TPSA) is 114 Å². The normalized spacial score (nSPS) is 11.4. The Labute approximate surface area is 223 Å². The third-order valence-corrected chi connectivity index (χ3v) is 5.34. The molecule has 3 aromatic carbocycles. The molecule has 8 nitrogen and oxygen atoms in total. The van der Waals surface area contributed by atoms with Crippen LogP contribution in [0.5, 0.6) is 17.2 Å². The van der Waals surface area contributed by atoms with Crippen LogP contribution < -0.4 is 14.8 Å². The number of benzene rings is 3. The molecular weight excluding hydrogens is 550 g/mol. The molecule has 0 radical (unpaired) electrons. The minimum atomic E-state index is -4.80. The average Bonchev–Trinajstić information content (AvgIpc) is 2.85. The van der Waals surface area contributed by atoms with E-state index in [0.29, 0.717) is 22.8 Å². The van der Waals surface area contributed by atoms with Crippen molar-refractivity contribution in [2.45, 2.75) is 13.1 Å². The summed E-state index contributed by atoms with van der Waals surface area (Å²) in [6.07, 6.45) is -3.58. The summed E-state index contributed by atoms with van der Waals surface area (Å²) in [7, 11) is 0. The van der Waals surface area contributed by atoms with Crippen LogP contribution in [0.3, 0.4) is 0 Å². The van der Waals surface area contributed by atoms with E-state index in [2.05, 4.69) is 5.32 Å². The lowest BCUT2D eigenvalue weighted by molar-refractivity contribution is -0.385. The van der Waals surface area contributed by atoms with E-state index < -0.39 is 34.0 Å². The van der Waals surface area contributed by atoms with Crippen LogP contribution in [0.2, 0.25) is 10.0 Å². The maximum Gasteiger partial charge on any atom is 0.416 e. The molecule has 0 aliphatic carbocycles. The van der Waals surface area contributed by atoms with E-state index in [9.17, 15) is 33.3 Å². The zero-order valence-corrected chi connectivity index (χ0v) is 20.8. The summed E-state index contributed by atoms with van der Waals surface area (Å²) in [5, 5.41) is 23.8. The maximum atomic E-state index is 13.0. The number of amides is 1. The lowest BCUT2D eigenvalue weighted by Gasteiger charge is -2.15. The van der Waals surface area contributed by atoms with Gasteiger partial charge < -0.3 is 14.8 Å². The van der Waals surface area contributed by atoms with Gasteiger partial charge in [-0.3, -0.25) is 14.9 Å². The van der Waals surface area contributed by atoms with Crippen LogP contribution in [0.4, 0.5) is 24.5 Å².